The highest BCUT2D eigenvalue weighted by atomic mass is 19.4. The first-order chi connectivity index (χ1) is 17.6. The fourth-order valence-corrected chi connectivity index (χ4v) is 6.26. The molecule has 2 saturated carbocycles. The second-order valence-electron chi connectivity index (χ2n) is 10.7. The van der Waals surface area contributed by atoms with Gasteiger partial charge in [-0.25, -0.2) is 9.59 Å². The fourth-order valence-electron chi connectivity index (χ4n) is 6.26. The van der Waals surface area contributed by atoms with Gasteiger partial charge in [-0.3, -0.25) is 9.59 Å². The standard InChI is InChI=1S/C26H33F3N2O7/c1-7-24(21(34)38-31-22(35)37-23(3,4)5)13-16(17-18(20(33)36-6)25(17,24)8-2)19(32)30-15-11-9-14(10-12-15)26(27,28)29/h9-12,16-18H,7-8,13H2,1-6H3,(H,30,32)(H,31,35). The zero-order chi connectivity index (χ0) is 28.7. The molecule has 0 bridgehead atoms. The number of carbonyl (C=O) groups excluding carboxylic acids is 4. The van der Waals surface area contributed by atoms with Gasteiger partial charge in [-0.1, -0.05) is 13.8 Å². The number of rotatable bonds is 6. The number of esters is 1. The molecule has 12 heteroatoms. The summed E-state index contributed by atoms with van der Waals surface area (Å²) in [4.78, 5) is 56.9. The number of alkyl halides is 3. The van der Waals surface area contributed by atoms with Gasteiger partial charge in [-0.05, 0) is 70.2 Å². The monoisotopic (exact) mass is 542 g/mol. The summed E-state index contributed by atoms with van der Waals surface area (Å²) >= 11 is 0. The van der Waals surface area contributed by atoms with Crippen LogP contribution in [0.1, 0.15) is 59.4 Å². The lowest BCUT2D eigenvalue weighted by Crippen LogP contribution is -2.45. The summed E-state index contributed by atoms with van der Waals surface area (Å²) in [5.41, 5.74) is -1.85. The molecule has 2 N–H and O–H groups in total. The van der Waals surface area contributed by atoms with E-state index in [0.717, 1.165) is 24.3 Å². The highest BCUT2D eigenvalue weighted by molar-refractivity contribution is 5.97. The number of carbonyl (C=O) groups is 4. The summed E-state index contributed by atoms with van der Waals surface area (Å²) in [5, 5.41) is 2.61. The normalized spacial score (nSPS) is 28.1. The van der Waals surface area contributed by atoms with Crippen LogP contribution in [-0.2, 0) is 34.9 Å². The van der Waals surface area contributed by atoms with Gasteiger partial charge in [0.15, 0.2) is 0 Å². The van der Waals surface area contributed by atoms with Crippen molar-refractivity contribution in [2.75, 3.05) is 12.4 Å². The topological polar surface area (TPSA) is 120 Å². The maximum absolute atomic E-state index is 13.5. The molecule has 5 atom stereocenters. The zero-order valence-corrected chi connectivity index (χ0v) is 22.2. The number of ether oxygens (including phenoxy) is 2. The summed E-state index contributed by atoms with van der Waals surface area (Å²) in [5.74, 6) is -4.10. The molecule has 0 heterocycles. The first-order valence-corrected chi connectivity index (χ1v) is 12.3. The Labute approximate surface area is 218 Å². The molecule has 9 nitrogen and oxygen atoms in total. The van der Waals surface area contributed by atoms with Crippen molar-refractivity contribution in [3.05, 3.63) is 29.8 Å². The molecule has 0 aliphatic heterocycles. The zero-order valence-electron chi connectivity index (χ0n) is 22.2. The van der Waals surface area contributed by atoms with Gasteiger partial charge in [-0.15, -0.1) is 5.48 Å². The van der Waals surface area contributed by atoms with E-state index in [-0.39, 0.29) is 18.5 Å². The number of nitrogens with one attached hydrogen (secondary N) is 2. The van der Waals surface area contributed by atoms with Gasteiger partial charge in [0.25, 0.3) is 0 Å². The van der Waals surface area contributed by atoms with Crippen molar-refractivity contribution in [3.8, 4) is 0 Å². The van der Waals surface area contributed by atoms with Crippen molar-refractivity contribution in [2.24, 2.45) is 28.6 Å². The van der Waals surface area contributed by atoms with E-state index in [2.05, 4.69) is 5.32 Å². The summed E-state index contributed by atoms with van der Waals surface area (Å²) in [6.45, 7) is 8.44. The van der Waals surface area contributed by atoms with Crippen molar-refractivity contribution in [2.45, 2.75) is 65.7 Å². The van der Waals surface area contributed by atoms with E-state index >= 15 is 0 Å². The highest BCUT2D eigenvalue weighted by Crippen LogP contribution is 2.80. The number of halogens is 3. The van der Waals surface area contributed by atoms with Gasteiger partial charge in [0.05, 0.1) is 24.0 Å². The minimum Gasteiger partial charge on any atom is -0.469 e. The third-order valence-corrected chi connectivity index (χ3v) is 7.77. The molecule has 210 valence electrons. The van der Waals surface area contributed by atoms with Gasteiger partial charge < -0.3 is 19.6 Å². The van der Waals surface area contributed by atoms with Gasteiger partial charge in [0.1, 0.15) is 5.60 Å². The van der Waals surface area contributed by atoms with Crippen molar-refractivity contribution >= 4 is 29.6 Å². The number of benzene rings is 1. The van der Waals surface area contributed by atoms with Crippen LogP contribution in [0.5, 0.6) is 0 Å². The molecule has 1 aromatic carbocycles. The SMILES string of the molecule is CCC1(C(=O)ONC(=O)OC(C)(C)C)CC(C(=O)Nc2ccc(C(F)(F)F)cc2)C2C(C(=O)OC)C21CC. The van der Waals surface area contributed by atoms with Crippen LogP contribution in [-0.4, -0.2) is 36.6 Å². The van der Waals surface area contributed by atoms with Crippen LogP contribution in [0.25, 0.3) is 0 Å². The van der Waals surface area contributed by atoms with Gasteiger partial charge in [0.2, 0.25) is 5.91 Å². The lowest BCUT2D eigenvalue weighted by atomic mass is 9.67. The molecule has 1 aromatic rings. The molecule has 0 saturated heterocycles. The molecule has 5 unspecified atom stereocenters. The van der Waals surface area contributed by atoms with Crippen LogP contribution < -0.4 is 10.8 Å². The minimum atomic E-state index is -4.52. The Hall–Kier alpha value is -3.31. The fraction of sp³-hybridized carbons (Fsp3) is 0.615. The first-order valence-electron chi connectivity index (χ1n) is 12.3. The molecule has 0 spiro atoms. The van der Waals surface area contributed by atoms with E-state index in [4.69, 9.17) is 14.3 Å². The van der Waals surface area contributed by atoms with Gasteiger partial charge in [-0.2, -0.15) is 13.2 Å². The van der Waals surface area contributed by atoms with Gasteiger partial charge >= 0.3 is 24.2 Å². The number of hydrogen-bond acceptors (Lipinski definition) is 7. The van der Waals surface area contributed by atoms with E-state index in [0.29, 0.717) is 6.42 Å². The summed E-state index contributed by atoms with van der Waals surface area (Å²) < 4.78 is 48.8. The predicted octanol–water partition coefficient (Wildman–Crippen LogP) is 4.86. The number of amides is 2. The number of hydrogen-bond donors (Lipinski definition) is 2. The van der Waals surface area contributed by atoms with Crippen molar-refractivity contribution in [1.29, 1.82) is 0 Å². The van der Waals surface area contributed by atoms with E-state index in [1.165, 1.54) is 7.11 Å². The number of hydroxylamine groups is 1. The Morgan fingerprint density at radius 3 is 2.11 bits per heavy atom. The number of fused-ring (bicyclic) bond motifs is 1. The molecule has 0 radical (unpaired) electrons. The summed E-state index contributed by atoms with van der Waals surface area (Å²) in [6, 6.07) is 3.98. The molecule has 0 aromatic heterocycles. The molecule has 2 aliphatic carbocycles. The average molecular weight is 543 g/mol. The van der Waals surface area contributed by atoms with E-state index in [9.17, 15) is 32.3 Å². The van der Waals surface area contributed by atoms with E-state index < -0.39 is 69.9 Å². The van der Waals surface area contributed by atoms with Gasteiger partial charge in [0, 0.05) is 17.0 Å². The highest BCUT2D eigenvalue weighted by Gasteiger charge is 2.85. The third-order valence-electron chi connectivity index (χ3n) is 7.77. The Morgan fingerprint density at radius 1 is 1.03 bits per heavy atom. The smallest absolute Gasteiger partial charge is 0.441 e. The molecule has 2 aliphatic rings. The Balaban J connectivity index is 1.88. The van der Waals surface area contributed by atoms with Crippen LogP contribution in [0, 0.1) is 28.6 Å². The van der Waals surface area contributed by atoms with Crippen molar-refractivity contribution in [3.63, 3.8) is 0 Å². The molecule has 3 rings (SSSR count). The van der Waals surface area contributed by atoms with E-state index in [1.54, 1.807) is 34.6 Å². The second kappa shape index (κ2) is 10.1. The van der Waals surface area contributed by atoms with E-state index in [1.807, 2.05) is 5.48 Å². The first kappa shape index (κ1) is 29.2. The average Bonchev–Trinajstić information content (AvgIpc) is 3.42. The number of methoxy groups -OCH3 is 1. The molecular formula is C26H33F3N2O7. The Morgan fingerprint density at radius 2 is 1.63 bits per heavy atom. The molecule has 2 amide bonds. The summed E-state index contributed by atoms with van der Waals surface area (Å²) in [6.07, 6.45) is -4.95. The van der Waals surface area contributed by atoms with Crippen LogP contribution in [0.15, 0.2) is 24.3 Å². The lowest BCUT2D eigenvalue weighted by Gasteiger charge is -2.36. The summed E-state index contributed by atoms with van der Waals surface area (Å²) in [7, 11) is 1.22. The maximum atomic E-state index is 13.5. The van der Waals surface area contributed by atoms with Crippen molar-refractivity contribution in [1.82, 2.24) is 5.48 Å². The Kier molecular flexibility index (Phi) is 7.78. The minimum absolute atomic E-state index is 0.0107. The third kappa shape index (κ3) is 5.04. The lowest BCUT2D eigenvalue weighted by molar-refractivity contribution is -0.170. The maximum Gasteiger partial charge on any atom is 0.441 e. The number of anilines is 1. The van der Waals surface area contributed by atoms with Crippen LogP contribution in [0.2, 0.25) is 0 Å². The molecule has 38 heavy (non-hydrogen) atoms. The van der Waals surface area contributed by atoms with Crippen LogP contribution in [0.3, 0.4) is 0 Å². The molecular weight excluding hydrogens is 509 g/mol. The van der Waals surface area contributed by atoms with Crippen LogP contribution in [0.4, 0.5) is 23.7 Å². The predicted molar refractivity (Wildman–Crippen MR) is 128 cm³/mol. The quantitative estimate of drug-likeness (QED) is 0.299. The molecule has 2 fully saturated rings. The largest absolute Gasteiger partial charge is 0.469 e. The van der Waals surface area contributed by atoms with Crippen LogP contribution >= 0.6 is 0 Å². The second-order valence-corrected chi connectivity index (χ2v) is 10.7. The van der Waals surface area contributed by atoms with Crippen molar-refractivity contribution < 1.29 is 46.7 Å². The Bertz CT molecular complexity index is 1100.